The van der Waals surface area contributed by atoms with E-state index in [0.717, 1.165) is 0 Å². The molecule has 0 atom stereocenters. The Balaban J connectivity index is -0.0000000200. The van der Waals surface area contributed by atoms with E-state index in [1.165, 1.54) is 0 Å². The third-order valence-corrected chi connectivity index (χ3v) is 0. The Morgan fingerprint density at radius 1 is 1.00 bits per heavy atom. The van der Waals surface area contributed by atoms with Crippen LogP contribution in [0.4, 0.5) is 0 Å². The van der Waals surface area contributed by atoms with E-state index in [9.17, 15) is 0 Å². The van der Waals surface area contributed by atoms with Gasteiger partial charge in [-0.1, -0.05) is 0 Å². The summed E-state index contributed by atoms with van der Waals surface area (Å²) in [6, 6.07) is 0. The zero-order valence-electron chi connectivity index (χ0n) is 1.85. The molecular formula is Cl2CoF2. The van der Waals surface area contributed by atoms with Gasteiger partial charge in [0.05, 0.1) is 0 Å². The molecule has 0 spiro atoms. The minimum atomic E-state index is 0. The summed E-state index contributed by atoms with van der Waals surface area (Å²) in [7, 11) is 9.47. The molecular weight excluding hydrogens is 168 g/mol. The van der Waals surface area contributed by atoms with Gasteiger partial charge < -0.3 is 9.41 Å². The quantitative estimate of drug-likeness (QED) is 0.341. The van der Waals surface area contributed by atoms with Gasteiger partial charge in [-0.15, -0.1) is 0 Å². The monoisotopic (exact) mass is 167 g/mol. The molecule has 0 saturated carbocycles. The summed E-state index contributed by atoms with van der Waals surface area (Å²) < 4.78 is 0. The predicted octanol–water partition coefficient (Wildman–Crippen LogP) is -4.62. The van der Waals surface area contributed by atoms with Gasteiger partial charge in [-0.05, 0) is 0 Å². The van der Waals surface area contributed by atoms with E-state index in [1.54, 1.807) is 0 Å². The molecule has 37 valence electrons. The average molecular weight is 168 g/mol. The van der Waals surface area contributed by atoms with E-state index in [4.69, 9.17) is 20.3 Å². The van der Waals surface area contributed by atoms with Crippen molar-refractivity contribution in [3.63, 3.8) is 0 Å². The van der Waals surface area contributed by atoms with Crippen molar-refractivity contribution in [2.45, 2.75) is 0 Å². The van der Waals surface area contributed by atoms with Crippen molar-refractivity contribution in [3.05, 3.63) is 0 Å². The molecule has 0 aliphatic heterocycles. The summed E-state index contributed by atoms with van der Waals surface area (Å²) in [5.41, 5.74) is 0. The van der Waals surface area contributed by atoms with E-state index in [0.29, 0.717) is 12.9 Å². The van der Waals surface area contributed by atoms with E-state index in [-0.39, 0.29) is 9.41 Å². The summed E-state index contributed by atoms with van der Waals surface area (Å²) >= 11 is 0.382. The van der Waals surface area contributed by atoms with Gasteiger partial charge in [-0.2, -0.15) is 0 Å². The van der Waals surface area contributed by atoms with Crippen molar-refractivity contribution in [2.24, 2.45) is 0 Å². The second kappa shape index (κ2) is 20.3. The zero-order valence-corrected chi connectivity index (χ0v) is 4.40. The second-order valence-electron chi connectivity index (χ2n) is 0.0476. The van der Waals surface area contributed by atoms with Gasteiger partial charge in [0.25, 0.3) is 0 Å². The second-order valence-corrected chi connectivity index (χ2v) is 1.77. The number of hydrogen-bond acceptors (Lipinski definition) is 0. The minimum Gasteiger partial charge on any atom is -1.00 e. The molecule has 0 fully saturated rings. The molecule has 0 radical (unpaired) electrons. The Hall–Kier alpha value is 0.946. The Kier molecular flexibility index (Phi) is 68.2. The van der Waals surface area contributed by atoms with Crippen LogP contribution in [0.3, 0.4) is 0 Å². The van der Waals surface area contributed by atoms with Crippen LogP contribution in [-0.4, -0.2) is 0 Å². The van der Waals surface area contributed by atoms with Crippen LogP contribution in [0.5, 0.6) is 0 Å². The summed E-state index contributed by atoms with van der Waals surface area (Å²) in [5.74, 6) is 0. The van der Waals surface area contributed by atoms with E-state index in [1.807, 2.05) is 0 Å². The van der Waals surface area contributed by atoms with Gasteiger partial charge in [-0.25, -0.2) is 0 Å². The molecule has 5 heteroatoms. The summed E-state index contributed by atoms with van der Waals surface area (Å²) in [6.45, 7) is 0. The first-order chi connectivity index (χ1) is 1.41. The maximum atomic E-state index is 4.73. The number of rotatable bonds is 0. The molecule has 0 aliphatic rings. The van der Waals surface area contributed by atoms with Crippen LogP contribution < -0.4 is 9.41 Å². The molecule has 0 rings (SSSR count). The van der Waals surface area contributed by atoms with Crippen molar-refractivity contribution in [2.75, 3.05) is 0 Å². The largest absolute Gasteiger partial charge is 1.00 e. The van der Waals surface area contributed by atoms with Crippen LogP contribution in [0.2, 0.25) is 0 Å². The molecule has 0 aromatic carbocycles. The van der Waals surface area contributed by atoms with E-state index < -0.39 is 0 Å². The van der Waals surface area contributed by atoms with Crippen molar-refractivity contribution < 1.29 is 22.3 Å². The van der Waals surface area contributed by atoms with Gasteiger partial charge >= 0.3 is 33.2 Å². The maximum Gasteiger partial charge on any atom is -1.00 e. The normalized spacial score (nSPS) is 3.60. The molecule has 0 aromatic rings. The van der Waals surface area contributed by atoms with E-state index in [2.05, 4.69) is 0 Å². The first kappa shape index (κ1) is 16.8. The molecule has 5 heavy (non-hydrogen) atoms. The Labute approximate surface area is 43.0 Å². The van der Waals surface area contributed by atoms with Gasteiger partial charge in [0.2, 0.25) is 0 Å². The minimum absolute atomic E-state index is 0. The van der Waals surface area contributed by atoms with Crippen molar-refractivity contribution in [1.82, 2.24) is 0 Å². The molecule has 0 nitrogen and oxygen atoms in total. The number of hydrogen-bond donors (Lipinski definition) is 0. The van der Waals surface area contributed by atoms with Crippen LogP contribution in [-0.2, 0) is 12.9 Å². The summed E-state index contributed by atoms with van der Waals surface area (Å²) in [4.78, 5) is 0. The maximum absolute atomic E-state index is 4.73. The van der Waals surface area contributed by atoms with Crippen LogP contribution in [0, 0.1) is 0 Å². The zero-order chi connectivity index (χ0) is 2.71. The molecule has 0 bridgehead atoms. The smallest absolute Gasteiger partial charge is 1.00 e. The molecule has 0 aliphatic carbocycles. The SMILES string of the molecule is [Cl][Co+2][Cl].[F-].[F-]. The fraction of sp³-hybridized carbons (Fsp3) is 0. The standard InChI is InChI=1S/2ClH.Co.2FH/h2*1H;;2*1H/q;;+4;;/p-4. The fourth-order valence-corrected chi connectivity index (χ4v) is 0. The van der Waals surface area contributed by atoms with Crippen molar-refractivity contribution in [1.29, 1.82) is 0 Å². The Bertz CT molecular complexity index is 7.61. The van der Waals surface area contributed by atoms with Crippen LogP contribution in [0.1, 0.15) is 0 Å². The third kappa shape index (κ3) is 47.9. The van der Waals surface area contributed by atoms with Crippen LogP contribution in [0.15, 0.2) is 0 Å². The van der Waals surface area contributed by atoms with Crippen molar-refractivity contribution >= 4 is 20.3 Å². The van der Waals surface area contributed by atoms with Gasteiger partial charge in [0.15, 0.2) is 0 Å². The molecule has 0 amide bonds. The first-order valence-electron chi connectivity index (χ1n) is 0.252. The molecule has 0 N–H and O–H groups in total. The van der Waals surface area contributed by atoms with Crippen LogP contribution in [0.25, 0.3) is 0 Å². The summed E-state index contributed by atoms with van der Waals surface area (Å²) in [5, 5.41) is 0. The fourth-order valence-electron chi connectivity index (χ4n) is 0. The third-order valence-electron chi connectivity index (χ3n) is 0. The predicted molar refractivity (Wildman–Crippen MR) is 11.7 cm³/mol. The van der Waals surface area contributed by atoms with Gasteiger partial charge in [0.1, 0.15) is 0 Å². The molecule has 0 unspecified atom stereocenters. The van der Waals surface area contributed by atoms with Gasteiger partial charge in [0, 0.05) is 0 Å². The van der Waals surface area contributed by atoms with Gasteiger partial charge in [-0.3, -0.25) is 0 Å². The average Bonchev–Trinajstić information content (AvgIpc) is 0.918. The van der Waals surface area contributed by atoms with E-state index >= 15 is 0 Å². The molecule has 0 aromatic heterocycles. The van der Waals surface area contributed by atoms with Crippen LogP contribution >= 0.6 is 20.3 Å². The number of halogens is 4. The molecule has 0 saturated heterocycles. The Morgan fingerprint density at radius 3 is 1.00 bits per heavy atom. The van der Waals surface area contributed by atoms with Crippen molar-refractivity contribution in [3.8, 4) is 0 Å². The summed E-state index contributed by atoms with van der Waals surface area (Å²) in [6.07, 6.45) is 0. The molecule has 0 heterocycles. The topological polar surface area (TPSA) is 0 Å². The first-order valence-corrected chi connectivity index (χ1v) is 3.12. The Morgan fingerprint density at radius 2 is 1.00 bits per heavy atom.